The van der Waals surface area contributed by atoms with Crippen LogP contribution >= 0.6 is 11.8 Å². The Labute approximate surface area is 123 Å². The van der Waals surface area contributed by atoms with Crippen LogP contribution < -0.4 is 11.1 Å². The Morgan fingerprint density at radius 3 is 2.50 bits per heavy atom. The van der Waals surface area contributed by atoms with E-state index in [1.165, 1.54) is 17.3 Å². The first-order valence-corrected chi connectivity index (χ1v) is 7.47. The molecule has 20 heavy (non-hydrogen) atoms. The van der Waals surface area contributed by atoms with Gasteiger partial charge in [0.15, 0.2) is 0 Å². The molecule has 0 saturated heterocycles. The van der Waals surface area contributed by atoms with Crippen LogP contribution in [0.4, 0.5) is 5.69 Å². The number of para-hydroxylation sites is 1. The van der Waals surface area contributed by atoms with E-state index in [0.717, 1.165) is 10.6 Å². The molecule has 4 heteroatoms. The largest absolute Gasteiger partial charge is 0.378 e. The molecule has 1 unspecified atom stereocenters. The van der Waals surface area contributed by atoms with Crippen molar-refractivity contribution in [2.45, 2.75) is 17.9 Å². The summed E-state index contributed by atoms with van der Waals surface area (Å²) in [5.74, 6) is -0.0146. The number of primary amides is 1. The lowest BCUT2D eigenvalue weighted by Crippen LogP contribution is -2.13. The van der Waals surface area contributed by atoms with E-state index in [0.29, 0.717) is 5.75 Å². The first-order valence-electron chi connectivity index (χ1n) is 6.48. The van der Waals surface area contributed by atoms with Crippen molar-refractivity contribution in [3.63, 3.8) is 0 Å². The van der Waals surface area contributed by atoms with E-state index in [9.17, 15) is 4.79 Å². The maximum atomic E-state index is 10.9. The van der Waals surface area contributed by atoms with Gasteiger partial charge in [-0.2, -0.15) is 0 Å². The van der Waals surface area contributed by atoms with Crippen LogP contribution in [-0.2, 0) is 4.79 Å². The number of rotatable bonds is 6. The second kappa shape index (κ2) is 7.01. The van der Waals surface area contributed by atoms with Crippen molar-refractivity contribution >= 4 is 23.4 Å². The highest BCUT2D eigenvalue weighted by atomic mass is 32.2. The van der Waals surface area contributed by atoms with Crippen LogP contribution in [0.5, 0.6) is 0 Å². The first-order chi connectivity index (χ1) is 9.66. The predicted octanol–water partition coefficient (Wildman–Crippen LogP) is 3.44. The van der Waals surface area contributed by atoms with Gasteiger partial charge in [0.25, 0.3) is 0 Å². The van der Waals surface area contributed by atoms with Gasteiger partial charge in [0.1, 0.15) is 0 Å². The van der Waals surface area contributed by atoms with Gasteiger partial charge in [-0.05, 0) is 24.6 Å². The van der Waals surface area contributed by atoms with Crippen LogP contribution in [0.1, 0.15) is 18.5 Å². The molecule has 0 aliphatic carbocycles. The van der Waals surface area contributed by atoms with Gasteiger partial charge in [0, 0.05) is 16.6 Å². The molecule has 1 atom stereocenters. The number of thioether (sulfide) groups is 1. The lowest BCUT2D eigenvalue weighted by Gasteiger charge is -2.18. The van der Waals surface area contributed by atoms with Crippen LogP contribution in [0.15, 0.2) is 59.5 Å². The molecule has 0 aliphatic heterocycles. The van der Waals surface area contributed by atoms with Gasteiger partial charge in [0.05, 0.1) is 5.75 Å². The summed E-state index contributed by atoms with van der Waals surface area (Å²) in [6, 6.07) is 18.4. The Morgan fingerprint density at radius 1 is 1.15 bits per heavy atom. The Hall–Kier alpha value is -1.94. The van der Waals surface area contributed by atoms with E-state index in [1.807, 2.05) is 42.5 Å². The van der Waals surface area contributed by atoms with E-state index < -0.39 is 0 Å². The summed E-state index contributed by atoms with van der Waals surface area (Å²) in [6.45, 7) is 2.12. The van der Waals surface area contributed by atoms with Gasteiger partial charge in [-0.3, -0.25) is 4.79 Å². The van der Waals surface area contributed by atoms with Crippen LogP contribution in [0.3, 0.4) is 0 Å². The quantitative estimate of drug-likeness (QED) is 0.800. The maximum absolute atomic E-state index is 10.9. The molecule has 3 nitrogen and oxygen atoms in total. The third-order valence-electron chi connectivity index (χ3n) is 2.93. The number of nitrogens with one attached hydrogen (secondary N) is 1. The molecule has 104 valence electrons. The zero-order chi connectivity index (χ0) is 14.4. The highest BCUT2D eigenvalue weighted by Gasteiger charge is 2.08. The van der Waals surface area contributed by atoms with Crippen LogP contribution in [0.2, 0.25) is 0 Å². The number of hydrogen-bond acceptors (Lipinski definition) is 3. The number of carbonyl (C=O) groups is 1. The lowest BCUT2D eigenvalue weighted by molar-refractivity contribution is -0.115. The maximum Gasteiger partial charge on any atom is 0.227 e. The molecule has 0 spiro atoms. The summed E-state index contributed by atoms with van der Waals surface area (Å²) in [4.78, 5) is 11.9. The minimum atomic E-state index is -0.305. The summed E-state index contributed by atoms with van der Waals surface area (Å²) in [5.41, 5.74) is 7.45. The van der Waals surface area contributed by atoms with Crippen molar-refractivity contribution in [3.8, 4) is 0 Å². The van der Waals surface area contributed by atoms with Crippen LogP contribution in [0, 0.1) is 0 Å². The number of amides is 1. The number of hydrogen-bond donors (Lipinski definition) is 2. The summed E-state index contributed by atoms with van der Waals surface area (Å²) in [6.07, 6.45) is 0. The topological polar surface area (TPSA) is 55.1 Å². The molecule has 2 aromatic carbocycles. The predicted molar refractivity (Wildman–Crippen MR) is 84.8 cm³/mol. The van der Waals surface area contributed by atoms with Crippen molar-refractivity contribution in [1.29, 1.82) is 0 Å². The van der Waals surface area contributed by atoms with E-state index in [4.69, 9.17) is 5.73 Å². The van der Waals surface area contributed by atoms with Crippen molar-refractivity contribution in [3.05, 3.63) is 60.2 Å². The molecule has 1 amide bonds. The molecule has 3 N–H and O–H groups in total. The second-order valence-electron chi connectivity index (χ2n) is 4.53. The lowest BCUT2D eigenvalue weighted by atomic mass is 10.1. The third kappa shape index (κ3) is 4.03. The van der Waals surface area contributed by atoms with E-state index >= 15 is 0 Å². The standard InChI is InChI=1S/C16H18N2OS/c1-12(13-7-3-2-4-8-13)18-14-9-5-6-10-15(14)20-11-16(17)19/h2-10,12,18H,11H2,1H3,(H2,17,19). The fraction of sp³-hybridized carbons (Fsp3) is 0.188. The Balaban J connectivity index is 2.10. The van der Waals surface area contributed by atoms with Crippen molar-refractivity contribution in [2.24, 2.45) is 5.73 Å². The number of benzene rings is 2. The Bertz CT molecular complexity index is 572. The van der Waals surface area contributed by atoms with E-state index in [1.54, 1.807) is 0 Å². The van der Waals surface area contributed by atoms with Crippen molar-refractivity contribution < 1.29 is 4.79 Å². The van der Waals surface area contributed by atoms with Crippen LogP contribution in [0.25, 0.3) is 0 Å². The summed E-state index contributed by atoms with van der Waals surface area (Å²) < 4.78 is 0. The van der Waals surface area contributed by atoms with Crippen LogP contribution in [-0.4, -0.2) is 11.7 Å². The average molecular weight is 286 g/mol. The molecule has 0 bridgehead atoms. The molecule has 0 radical (unpaired) electrons. The minimum absolute atomic E-state index is 0.200. The third-order valence-corrected chi connectivity index (χ3v) is 4.02. The van der Waals surface area contributed by atoms with E-state index in [-0.39, 0.29) is 11.9 Å². The zero-order valence-electron chi connectivity index (χ0n) is 11.4. The van der Waals surface area contributed by atoms with Gasteiger partial charge in [0.2, 0.25) is 5.91 Å². The smallest absolute Gasteiger partial charge is 0.227 e. The molecule has 0 saturated carbocycles. The fourth-order valence-electron chi connectivity index (χ4n) is 1.92. The highest BCUT2D eigenvalue weighted by Crippen LogP contribution is 2.29. The average Bonchev–Trinajstić information content (AvgIpc) is 2.47. The monoisotopic (exact) mass is 286 g/mol. The molecular weight excluding hydrogens is 268 g/mol. The zero-order valence-corrected chi connectivity index (χ0v) is 12.2. The van der Waals surface area contributed by atoms with Gasteiger partial charge < -0.3 is 11.1 Å². The molecule has 0 heterocycles. The van der Waals surface area contributed by atoms with Crippen molar-refractivity contribution in [1.82, 2.24) is 0 Å². The highest BCUT2D eigenvalue weighted by molar-refractivity contribution is 8.00. The van der Waals surface area contributed by atoms with Crippen molar-refractivity contribution in [2.75, 3.05) is 11.1 Å². The first kappa shape index (κ1) is 14.5. The van der Waals surface area contributed by atoms with E-state index in [2.05, 4.69) is 24.4 Å². The molecule has 2 rings (SSSR count). The molecule has 0 fully saturated rings. The summed E-state index contributed by atoms with van der Waals surface area (Å²) in [5, 5.41) is 3.48. The number of carbonyl (C=O) groups excluding carboxylic acids is 1. The van der Waals surface area contributed by atoms with Gasteiger partial charge in [-0.15, -0.1) is 11.8 Å². The fourth-order valence-corrected chi connectivity index (χ4v) is 2.67. The van der Waals surface area contributed by atoms with Gasteiger partial charge in [-0.1, -0.05) is 42.5 Å². The number of nitrogens with two attached hydrogens (primary N) is 1. The van der Waals surface area contributed by atoms with Gasteiger partial charge >= 0.3 is 0 Å². The molecular formula is C16H18N2OS. The normalized spacial score (nSPS) is 11.8. The summed E-state index contributed by atoms with van der Waals surface area (Å²) >= 11 is 1.46. The number of anilines is 1. The molecule has 0 aromatic heterocycles. The molecule has 0 aliphatic rings. The Kier molecular flexibility index (Phi) is 5.07. The SMILES string of the molecule is CC(Nc1ccccc1SCC(N)=O)c1ccccc1. The molecule has 2 aromatic rings. The summed E-state index contributed by atoms with van der Waals surface area (Å²) in [7, 11) is 0. The Morgan fingerprint density at radius 2 is 1.80 bits per heavy atom. The van der Waals surface area contributed by atoms with Gasteiger partial charge in [-0.25, -0.2) is 0 Å². The second-order valence-corrected chi connectivity index (χ2v) is 5.55. The minimum Gasteiger partial charge on any atom is -0.378 e.